The second-order valence-corrected chi connectivity index (χ2v) is 5.83. The molecule has 2 heterocycles. The second-order valence-electron chi connectivity index (χ2n) is 5.83. The van der Waals surface area contributed by atoms with E-state index in [9.17, 15) is 0 Å². The number of nitrogens with one attached hydrogen (secondary N) is 1. The van der Waals surface area contributed by atoms with Crippen LogP contribution < -0.4 is 5.32 Å². The van der Waals surface area contributed by atoms with Crippen molar-refractivity contribution in [2.45, 2.75) is 38.4 Å². The molecule has 4 nitrogen and oxygen atoms in total. The summed E-state index contributed by atoms with van der Waals surface area (Å²) in [7, 11) is 2.15. The van der Waals surface area contributed by atoms with E-state index in [1.165, 1.54) is 18.4 Å². The molecule has 1 aliphatic rings. The Labute approximate surface area is 126 Å². The molecular formula is C17H23N3O. The Hall–Kier alpha value is -1.65. The first-order chi connectivity index (χ1) is 10.3. The highest BCUT2D eigenvalue weighted by molar-refractivity contribution is 5.17. The van der Waals surface area contributed by atoms with Crippen LogP contribution >= 0.6 is 0 Å². The van der Waals surface area contributed by atoms with Crippen LogP contribution in [0.4, 0.5) is 0 Å². The third kappa shape index (κ3) is 4.41. The van der Waals surface area contributed by atoms with Gasteiger partial charge in [-0.1, -0.05) is 6.07 Å². The van der Waals surface area contributed by atoms with Crippen molar-refractivity contribution in [1.29, 1.82) is 0 Å². The highest BCUT2D eigenvalue weighted by Crippen LogP contribution is 2.20. The number of aromatic nitrogens is 1. The van der Waals surface area contributed by atoms with Crippen LogP contribution in [0, 0.1) is 0 Å². The number of nitrogens with zero attached hydrogens (tertiary/aromatic N) is 2. The number of hydrogen-bond donors (Lipinski definition) is 1. The van der Waals surface area contributed by atoms with Crippen molar-refractivity contribution in [2.75, 3.05) is 13.6 Å². The standard InChI is InChI=1S/C17H23N3O/c1-20(10-7-15-4-2-3-9-18-15)13-14-8-11-21-17(14)12-19-16-5-6-16/h2-4,8-9,11,16,19H,5-7,10,12-13H2,1H3. The first-order valence-electron chi connectivity index (χ1n) is 7.68. The summed E-state index contributed by atoms with van der Waals surface area (Å²) in [5, 5.41) is 3.51. The third-order valence-corrected chi connectivity index (χ3v) is 3.88. The maximum absolute atomic E-state index is 5.60. The van der Waals surface area contributed by atoms with Crippen LogP contribution in [0.25, 0.3) is 0 Å². The van der Waals surface area contributed by atoms with Crippen LogP contribution in [0.5, 0.6) is 0 Å². The van der Waals surface area contributed by atoms with Crippen molar-refractivity contribution in [1.82, 2.24) is 15.2 Å². The first-order valence-corrected chi connectivity index (χ1v) is 7.68. The van der Waals surface area contributed by atoms with Crippen molar-refractivity contribution in [3.8, 4) is 0 Å². The molecule has 2 aromatic heterocycles. The van der Waals surface area contributed by atoms with Crippen molar-refractivity contribution < 1.29 is 4.42 Å². The van der Waals surface area contributed by atoms with Crippen molar-refractivity contribution in [3.05, 3.63) is 53.7 Å². The van der Waals surface area contributed by atoms with Gasteiger partial charge in [0.25, 0.3) is 0 Å². The first kappa shape index (κ1) is 14.3. The fourth-order valence-electron chi connectivity index (χ4n) is 2.41. The van der Waals surface area contributed by atoms with Crippen LogP contribution in [0.15, 0.2) is 41.1 Å². The summed E-state index contributed by atoms with van der Waals surface area (Å²) < 4.78 is 5.60. The van der Waals surface area contributed by atoms with Gasteiger partial charge < -0.3 is 14.6 Å². The summed E-state index contributed by atoms with van der Waals surface area (Å²) in [5.74, 6) is 1.08. The van der Waals surface area contributed by atoms with Gasteiger partial charge in [0.05, 0.1) is 12.8 Å². The average Bonchev–Trinajstić information content (AvgIpc) is 3.24. The summed E-state index contributed by atoms with van der Waals surface area (Å²) in [6.45, 7) is 2.77. The van der Waals surface area contributed by atoms with Gasteiger partial charge in [-0.15, -0.1) is 0 Å². The van der Waals surface area contributed by atoms with E-state index in [2.05, 4.69) is 34.4 Å². The van der Waals surface area contributed by atoms with Gasteiger partial charge in [0, 0.05) is 43.0 Å². The minimum Gasteiger partial charge on any atom is -0.468 e. The molecule has 0 aromatic carbocycles. The van der Waals surface area contributed by atoms with Gasteiger partial charge >= 0.3 is 0 Å². The van der Waals surface area contributed by atoms with Crippen LogP contribution in [-0.4, -0.2) is 29.5 Å². The van der Waals surface area contributed by atoms with E-state index in [4.69, 9.17) is 4.42 Å². The van der Waals surface area contributed by atoms with E-state index in [-0.39, 0.29) is 0 Å². The number of rotatable bonds is 8. The summed E-state index contributed by atoms with van der Waals surface area (Å²) in [4.78, 5) is 6.69. The highest BCUT2D eigenvalue weighted by atomic mass is 16.3. The quantitative estimate of drug-likeness (QED) is 0.809. The molecule has 3 rings (SSSR count). The molecule has 0 radical (unpaired) electrons. The maximum Gasteiger partial charge on any atom is 0.122 e. The minimum atomic E-state index is 0.713. The zero-order valence-electron chi connectivity index (χ0n) is 12.6. The predicted octanol–water partition coefficient (Wildman–Crippen LogP) is 2.60. The molecule has 1 N–H and O–H groups in total. The lowest BCUT2D eigenvalue weighted by Gasteiger charge is -2.16. The van der Waals surface area contributed by atoms with Crippen molar-refractivity contribution >= 4 is 0 Å². The molecule has 0 aliphatic heterocycles. The third-order valence-electron chi connectivity index (χ3n) is 3.88. The second kappa shape index (κ2) is 6.87. The number of hydrogen-bond acceptors (Lipinski definition) is 4. The highest BCUT2D eigenvalue weighted by Gasteiger charge is 2.21. The lowest BCUT2D eigenvalue weighted by atomic mass is 10.2. The lowest BCUT2D eigenvalue weighted by Crippen LogP contribution is -2.22. The number of likely N-dealkylation sites (N-methyl/N-ethyl adjacent to an activating group) is 1. The predicted molar refractivity (Wildman–Crippen MR) is 82.8 cm³/mol. The van der Waals surface area contributed by atoms with Gasteiger partial charge in [0.2, 0.25) is 0 Å². The van der Waals surface area contributed by atoms with Crippen LogP contribution in [0.3, 0.4) is 0 Å². The van der Waals surface area contributed by atoms with E-state index in [1.54, 1.807) is 6.26 Å². The smallest absolute Gasteiger partial charge is 0.122 e. The SMILES string of the molecule is CN(CCc1ccccn1)Cc1ccoc1CNC1CC1. The lowest BCUT2D eigenvalue weighted by molar-refractivity contribution is 0.325. The molecule has 0 unspecified atom stereocenters. The summed E-state index contributed by atoms with van der Waals surface area (Å²) in [5.41, 5.74) is 2.43. The summed E-state index contributed by atoms with van der Waals surface area (Å²) in [6.07, 6.45) is 7.24. The average molecular weight is 285 g/mol. The summed E-state index contributed by atoms with van der Waals surface area (Å²) >= 11 is 0. The van der Waals surface area contributed by atoms with Gasteiger partial charge in [-0.05, 0) is 38.1 Å². The van der Waals surface area contributed by atoms with Gasteiger partial charge in [-0.2, -0.15) is 0 Å². The van der Waals surface area contributed by atoms with Crippen LogP contribution in [-0.2, 0) is 19.5 Å². The molecule has 0 saturated heterocycles. The molecule has 1 aliphatic carbocycles. The topological polar surface area (TPSA) is 41.3 Å². The largest absolute Gasteiger partial charge is 0.468 e. The van der Waals surface area contributed by atoms with Crippen LogP contribution in [0.1, 0.15) is 29.9 Å². The van der Waals surface area contributed by atoms with Gasteiger partial charge in [0.1, 0.15) is 5.76 Å². The molecule has 0 atom stereocenters. The molecule has 21 heavy (non-hydrogen) atoms. The maximum atomic E-state index is 5.60. The van der Waals surface area contributed by atoms with Gasteiger partial charge in [0.15, 0.2) is 0 Å². The van der Waals surface area contributed by atoms with E-state index < -0.39 is 0 Å². The van der Waals surface area contributed by atoms with Crippen molar-refractivity contribution in [3.63, 3.8) is 0 Å². The van der Waals surface area contributed by atoms with E-state index >= 15 is 0 Å². The summed E-state index contributed by atoms with van der Waals surface area (Å²) in [6, 6.07) is 8.88. The number of pyridine rings is 1. The Morgan fingerprint density at radius 2 is 2.24 bits per heavy atom. The zero-order valence-corrected chi connectivity index (χ0v) is 12.6. The molecular weight excluding hydrogens is 262 g/mol. The van der Waals surface area contributed by atoms with Gasteiger partial charge in [-0.25, -0.2) is 0 Å². The molecule has 1 saturated carbocycles. The fourth-order valence-corrected chi connectivity index (χ4v) is 2.41. The Morgan fingerprint density at radius 1 is 1.33 bits per heavy atom. The molecule has 2 aromatic rings. The monoisotopic (exact) mass is 285 g/mol. The Balaban J connectivity index is 1.47. The Morgan fingerprint density at radius 3 is 3.00 bits per heavy atom. The zero-order chi connectivity index (χ0) is 14.5. The molecule has 112 valence electrons. The normalized spacial score (nSPS) is 14.8. The fraction of sp³-hybridized carbons (Fsp3) is 0.471. The van der Waals surface area contributed by atoms with Gasteiger partial charge in [-0.3, -0.25) is 4.98 Å². The molecule has 0 bridgehead atoms. The molecule has 4 heteroatoms. The van der Waals surface area contributed by atoms with Crippen molar-refractivity contribution in [2.24, 2.45) is 0 Å². The molecule has 0 amide bonds. The number of furan rings is 1. The Bertz CT molecular complexity index is 548. The van der Waals surface area contributed by atoms with E-state index in [0.717, 1.165) is 37.5 Å². The van der Waals surface area contributed by atoms with E-state index in [0.29, 0.717) is 6.04 Å². The minimum absolute atomic E-state index is 0.713. The Kier molecular flexibility index (Phi) is 4.68. The van der Waals surface area contributed by atoms with E-state index in [1.807, 2.05) is 18.3 Å². The molecule has 0 spiro atoms. The molecule has 1 fully saturated rings. The van der Waals surface area contributed by atoms with Crippen LogP contribution in [0.2, 0.25) is 0 Å².